The Balaban J connectivity index is 1.29. The van der Waals surface area contributed by atoms with Crippen molar-refractivity contribution in [3.8, 4) is 39.4 Å². The maximum Gasteiger partial charge on any atom is 0.151 e. The van der Waals surface area contributed by atoms with Crippen LogP contribution in [0.3, 0.4) is 0 Å². The molecule has 0 saturated carbocycles. The summed E-state index contributed by atoms with van der Waals surface area (Å²) in [5.74, 6) is 1.70. The van der Waals surface area contributed by atoms with Crippen LogP contribution in [0, 0.1) is 0 Å². The second-order valence-electron chi connectivity index (χ2n) is 11.4. The zero-order valence-electron chi connectivity index (χ0n) is 24.5. The van der Waals surface area contributed by atoms with E-state index < -0.39 is 0 Å². The first-order chi connectivity index (χ1) is 22.3. The van der Waals surface area contributed by atoms with Crippen LogP contribution in [0.25, 0.3) is 49.7 Å². The molecule has 8 aromatic rings. The molecule has 0 radical (unpaired) electrons. The lowest BCUT2D eigenvalue weighted by Crippen LogP contribution is -2.15. The molecule has 0 spiro atoms. The highest BCUT2D eigenvalue weighted by Gasteiger charge is 2.26. The Labute approximate surface area is 261 Å². The van der Waals surface area contributed by atoms with Crippen LogP contribution in [0.5, 0.6) is 11.5 Å². The van der Waals surface area contributed by atoms with Gasteiger partial charge in [-0.25, -0.2) is 0 Å². The fourth-order valence-corrected chi connectivity index (χ4v) is 6.70. The molecular formula is C42H28N2O. The zero-order valence-corrected chi connectivity index (χ0v) is 24.5. The highest BCUT2D eigenvalue weighted by atomic mass is 16.5. The highest BCUT2D eigenvalue weighted by Crippen LogP contribution is 2.51. The third kappa shape index (κ3) is 4.21. The molecule has 212 valence electrons. The molecule has 7 aromatic carbocycles. The molecule has 0 fully saturated rings. The predicted molar refractivity (Wildman–Crippen MR) is 186 cm³/mol. The number of hydrogen-bond donors (Lipinski definition) is 0. The molecular weight excluding hydrogens is 548 g/mol. The number of nitrogens with zero attached hydrogens (tertiary/aromatic N) is 2. The van der Waals surface area contributed by atoms with E-state index >= 15 is 0 Å². The number of fused-ring (bicyclic) bond motifs is 5. The summed E-state index contributed by atoms with van der Waals surface area (Å²) in [6, 6.07) is 60.3. The van der Waals surface area contributed by atoms with Gasteiger partial charge in [0.15, 0.2) is 11.5 Å². The summed E-state index contributed by atoms with van der Waals surface area (Å²) in [5.41, 5.74) is 11.4. The van der Waals surface area contributed by atoms with E-state index in [-0.39, 0.29) is 0 Å². The van der Waals surface area contributed by atoms with E-state index in [0.717, 1.165) is 34.2 Å². The van der Waals surface area contributed by atoms with Crippen molar-refractivity contribution in [2.75, 3.05) is 4.90 Å². The number of para-hydroxylation sites is 5. The smallest absolute Gasteiger partial charge is 0.151 e. The van der Waals surface area contributed by atoms with Gasteiger partial charge in [-0.3, -0.25) is 0 Å². The summed E-state index contributed by atoms with van der Waals surface area (Å²) in [6.45, 7) is 0. The molecule has 3 heteroatoms. The van der Waals surface area contributed by atoms with Crippen molar-refractivity contribution in [1.29, 1.82) is 0 Å². The topological polar surface area (TPSA) is 17.4 Å². The second kappa shape index (κ2) is 10.3. The van der Waals surface area contributed by atoms with Crippen molar-refractivity contribution in [2.45, 2.75) is 0 Å². The fraction of sp³-hybridized carbons (Fsp3) is 0. The molecule has 45 heavy (non-hydrogen) atoms. The number of anilines is 3. The molecule has 0 saturated heterocycles. The molecule has 0 amide bonds. The molecule has 1 aliphatic rings. The van der Waals surface area contributed by atoms with Gasteiger partial charge in [-0.2, -0.15) is 0 Å². The quantitative estimate of drug-likeness (QED) is 0.207. The van der Waals surface area contributed by atoms with Crippen molar-refractivity contribution >= 4 is 38.9 Å². The summed E-state index contributed by atoms with van der Waals surface area (Å²) in [4.78, 5) is 2.31. The molecule has 3 nitrogen and oxygen atoms in total. The van der Waals surface area contributed by atoms with Gasteiger partial charge in [0.1, 0.15) is 0 Å². The lowest BCUT2D eigenvalue weighted by Gasteiger charge is -2.32. The average Bonchev–Trinajstić information content (AvgIpc) is 3.45. The third-order valence-electron chi connectivity index (χ3n) is 8.74. The van der Waals surface area contributed by atoms with E-state index in [0.29, 0.717) is 0 Å². The molecule has 0 N–H and O–H groups in total. The number of rotatable bonds is 4. The summed E-state index contributed by atoms with van der Waals surface area (Å²) in [6.07, 6.45) is 0. The molecule has 0 atom stereocenters. The Morgan fingerprint density at radius 2 is 0.889 bits per heavy atom. The van der Waals surface area contributed by atoms with Crippen molar-refractivity contribution in [2.24, 2.45) is 0 Å². The van der Waals surface area contributed by atoms with Crippen LogP contribution in [-0.4, -0.2) is 4.57 Å². The van der Waals surface area contributed by atoms with Gasteiger partial charge in [-0.15, -0.1) is 0 Å². The summed E-state index contributed by atoms with van der Waals surface area (Å²) in [5, 5.41) is 2.42. The maximum absolute atomic E-state index is 6.30. The Morgan fingerprint density at radius 3 is 1.53 bits per heavy atom. The van der Waals surface area contributed by atoms with Gasteiger partial charge in [0.2, 0.25) is 0 Å². The third-order valence-corrected chi connectivity index (χ3v) is 8.74. The van der Waals surface area contributed by atoms with E-state index in [2.05, 4.69) is 155 Å². The van der Waals surface area contributed by atoms with Gasteiger partial charge in [-0.05, 0) is 89.0 Å². The molecule has 2 heterocycles. The van der Waals surface area contributed by atoms with Crippen LogP contribution in [-0.2, 0) is 0 Å². The van der Waals surface area contributed by atoms with Crippen molar-refractivity contribution in [3.63, 3.8) is 0 Å². The standard InChI is InChI=1S/C42H28N2O/c1-3-13-29(14-4-1)31-25-32(30-15-5-2-6-16-30)27-34(26-31)44-37-18-8-7-17-35(37)36-28-33(23-24-38(36)44)43-39-19-9-11-21-41(39)45-42-22-12-10-20-40(42)43/h1-28H. The molecule has 9 rings (SSSR count). The van der Waals surface area contributed by atoms with Crippen LogP contribution < -0.4 is 9.64 Å². The number of aromatic nitrogens is 1. The van der Waals surface area contributed by atoms with Crippen LogP contribution in [0.1, 0.15) is 0 Å². The van der Waals surface area contributed by atoms with Gasteiger partial charge < -0.3 is 14.2 Å². The van der Waals surface area contributed by atoms with Crippen LogP contribution >= 0.6 is 0 Å². The minimum atomic E-state index is 0.852. The van der Waals surface area contributed by atoms with E-state index in [1.54, 1.807) is 0 Å². The van der Waals surface area contributed by atoms with E-state index in [9.17, 15) is 0 Å². The lowest BCUT2D eigenvalue weighted by atomic mass is 9.98. The predicted octanol–water partition coefficient (Wildman–Crippen LogP) is 11.7. The van der Waals surface area contributed by atoms with Gasteiger partial charge in [0.05, 0.1) is 22.4 Å². The minimum Gasteiger partial charge on any atom is -0.453 e. The van der Waals surface area contributed by atoms with Gasteiger partial charge in [-0.1, -0.05) is 103 Å². The summed E-state index contributed by atoms with van der Waals surface area (Å²) >= 11 is 0. The van der Waals surface area contributed by atoms with Crippen molar-refractivity contribution in [1.82, 2.24) is 4.57 Å². The Hall–Kier alpha value is -6.06. The summed E-state index contributed by atoms with van der Waals surface area (Å²) < 4.78 is 8.71. The Morgan fingerprint density at radius 1 is 0.356 bits per heavy atom. The first-order valence-corrected chi connectivity index (χ1v) is 15.3. The maximum atomic E-state index is 6.30. The lowest BCUT2D eigenvalue weighted by molar-refractivity contribution is 0.477. The Bertz CT molecular complexity index is 2250. The SMILES string of the molecule is c1ccc(-c2cc(-c3ccccc3)cc(-n3c4ccccc4c4cc(N5c6ccccc6Oc6ccccc65)ccc43)c2)cc1. The molecule has 0 aliphatic carbocycles. The molecule has 0 unspecified atom stereocenters. The zero-order chi connectivity index (χ0) is 29.7. The minimum absolute atomic E-state index is 0.852. The number of hydrogen-bond acceptors (Lipinski definition) is 2. The van der Waals surface area contributed by atoms with Crippen LogP contribution in [0.2, 0.25) is 0 Å². The largest absolute Gasteiger partial charge is 0.453 e. The summed E-state index contributed by atoms with van der Waals surface area (Å²) in [7, 11) is 0. The first kappa shape index (κ1) is 25.4. The van der Waals surface area contributed by atoms with Crippen LogP contribution in [0.15, 0.2) is 170 Å². The monoisotopic (exact) mass is 576 g/mol. The Kier molecular flexibility index (Phi) is 5.82. The average molecular weight is 577 g/mol. The van der Waals surface area contributed by atoms with Crippen molar-refractivity contribution < 1.29 is 4.74 Å². The fourth-order valence-electron chi connectivity index (χ4n) is 6.70. The van der Waals surface area contributed by atoms with Crippen LogP contribution in [0.4, 0.5) is 17.1 Å². The van der Waals surface area contributed by atoms with Crippen molar-refractivity contribution in [3.05, 3.63) is 170 Å². The molecule has 1 aliphatic heterocycles. The first-order valence-electron chi connectivity index (χ1n) is 15.3. The van der Waals surface area contributed by atoms with Gasteiger partial charge in [0.25, 0.3) is 0 Å². The number of ether oxygens (including phenoxy) is 1. The molecule has 0 bridgehead atoms. The number of benzene rings is 7. The van der Waals surface area contributed by atoms with Gasteiger partial charge in [0, 0.05) is 22.1 Å². The normalized spacial score (nSPS) is 12.1. The van der Waals surface area contributed by atoms with E-state index in [1.165, 1.54) is 44.1 Å². The van der Waals surface area contributed by atoms with E-state index in [4.69, 9.17) is 4.74 Å². The highest BCUT2D eigenvalue weighted by molar-refractivity contribution is 6.11. The van der Waals surface area contributed by atoms with E-state index in [1.807, 2.05) is 24.3 Å². The second-order valence-corrected chi connectivity index (χ2v) is 11.4. The van der Waals surface area contributed by atoms with Gasteiger partial charge >= 0.3 is 0 Å². The molecule has 1 aromatic heterocycles.